The van der Waals surface area contributed by atoms with E-state index >= 15 is 0 Å². The fourth-order valence-corrected chi connectivity index (χ4v) is 3.21. The van der Waals surface area contributed by atoms with Gasteiger partial charge in [0.1, 0.15) is 5.02 Å². The Morgan fingerprint density at radius 2 is 2.16 bits per heavy atom. The highest BCUT2D eigenvalue weighted by Gasteiger charge is 2.25. The van der Waals surface area contributed by atoms with E-state index in [0.29, 0.717) is 16.4 Å². The number of thioether (sulfide) groups is 1. The molecule has 0 spiro atoms. The van der Waals surface area contributed by atoms with Crippen LogP contribution in [-0.2, 0) is 0 Å². The summed E-state index contributed by atoms with van der Waals surface area (Å²) in [6.07, 6.45) is 3.53. The first kappa shape index (κ1) is 12.7. The van der Waals surface area contributed by atoms with Gasteiger partial charge >= 0.3 is 0 Å². The number of rotatable bonds is 1. The highest BCUT2D eigenvalue weighted by atomic mass is 35.5. The van der Waals surface area contributed by atoms with Crippen LogP contribution in [0, 0.1) is 6.92 Å². The van der Waals surface area contributed by atoms with Crippen LogP contribution in [0.25, 0.3) is 5.65 Å². The molecule has 0 atom stereocenters. The number of amides is 1. The zero-order valence-corrected chi connectivity index (χ0v) is 12.0. The topological polar surface area (TPSA) is 50.5 Å². The SMILES string of the molecule is Cc1cnc2c(Cl)c(C(=O)N3CCSCC3)nn2c1. The lowest BCUT2D eigenvalue weighted by molar-refractivity contribution is 0.0766. The monoisotopic (exact) mass is 296 g/mol. The van der Waals surface area contributed by atoms with Crippen LogP contribution < -0.4 is 0 Å². The van der Waals surface area contributed by atoms with Crippen LogP contribution >= 0.6 is 23.4 Å². The molecule has 0 aliphatic carbocycles. The number of carbonyl (C=O) groups is 1. The third kappa shape index (κ3) is 2.30. The van der Waals surface area contributed by atoms with Gasteiger partial charge in [-0.05, 0) is 12.5 Å². The molecule has 5 nitrogen and oxygen atoms in total. The van der Waals surface area contributed by atoms with Crippen LogP contribution in [0.3, 0.4) is 0 Å². The van der Waals surface area contributed by atoms with Gasteiger partial charge in [-0.25, -0.2) is 9.50 Å². The lowest BCUT2D eigenvalue weighted by atomic mass is 10.3. The van der Waals surface area contributed by atoms with E-state index in [0.717, 1.165) is 30.2 Å². The molecule has 1 aliphatic rings. The van der Waals surface area contributed by atoms with Crippen molar-refractivity contribution in [2.45, 2.75) is 6.92 Å². The van der Waals surface area contributed by atoms with Gasteiger partial charge in [0.15, 0.2) is 11.3 Å². The number of nitrogens with zero attached hydrogens (tertiary/aromatic N) is 4. The van der Waals surface area contributed by atoms with E-state index in [1.807, 2.05) is 24.9 Å². The average Bonchev–Trinajstić information content (AvgIpc) is 2.75. The maximum absolute atomic E-state index is 12.4. The molecule has 1 amide bonds. The predicted molar refractivity (Wildman–Crippen MR) is 76.0 cm³/mol. The Kier molecular flexibility index (Phi) is 3.36. The van der Waals surface area contributed by atoms with Gasteiger partial charge in [-0.2, -0.15) is 16.9 Å². The molecule has 7 heteroatoms. The molecule has 0 saturated carbocycles. The second kappa shape index (κ2) is 5.02. The Hall–Kier alpha value is -1.27. The van der Waals surface area contributed by atoms with Crippen LogP contribution in [0.2, 0.25) is 5.02 Å². The third-order valence-corrected chi connectivity index (χ3v) is 4.34. The summed E-state index contributed by atoms with van der Waals surface area (Å²) >= 11 is 8.08. The van der Waals surface area contributed by atoms with Crippen molar-refractivity contribution in [3.05, 3.63) is 28.7 Å². The van der Waals surface area contributed by atoms with E-state index in [2.05, 4.69) is 10.1 Å². The first-order chi connectivity index (χ1) is 9.16. The summed E-state index contributed by atoms with van der Waals surface area (Å²) in [5.74, 6) is 1.83. The van der Waals surface area contributed by atoms with Gasteiger partial charge in [-0.3, -0.25) is 4.79 Å². The molecule has 19 heavy (non-hydrogen) atoms. The van der Waals surface area contributed by atoms with Crippen molar-refractivity contribution in [2.75, 3.05) is 24.6 Å². The average molecular weight is 297 g/mol. The van der Waals surface area contributed by atoms with Gasteiger partial charge in [0.2, 0.25) is 0 Å². The summed E-state index contributed by atoms with van der Waals surface area (Å²) in [7, 11) is 0. The normalized spacial score (nSPS) is 16.0. The van der Waals surface area contributed by atoms with Gasteiger partial charge < -0.3 is 4.90 Å². The second-order valence-electron chi connectivity index (χ2n) is 4.47. The summed E-state index contributed by atoms with van der Waals surface area (Å²) in [6, 6.07) is 0. The maximum Gasteiger partial charge on any atom is 0.276 e. The number of carbonyl (C=O) groups excluding carboxylic acids is 1. The Morgan fingerprint density at radius 1 is 1.42 bits per heavy atom. The molecule has 0 radical (unpaired) electrons. The van der Waals surface area contributed by atoms with Crippen LogP contribution in [0.4, 0.5) is 0 Å². The number of halogens is 1. The summed E-state index contributed by atoms with van der Waals surface area (Å²) in [5, 5.41) is 4.61. The molecule has 2 aromatic heterocycles. The molecule has 1 aliphatic heterocycles. The van der Waals surface area contributed by atoms with E-state index in [4.69, 9.17) is 11.6 Å². The second-order valence-corrected chi connectivity index (χ2v) is 6.07. The Morgan fingerprint density at radius 3 is 2.89 bits per heavy atom. The first-order valence-corrected chi connectivity index (χ1v) is 7.57. The van der Waals surface area contributed by atoms with Gasteiger partial charge in [0.05, 0.1) is 0 Å². The molecule has 0 bridgehead atoms. The number of aryl methyl sites for hydroxylation is 1. The van der Waals surface area contributed by atoms with Gasteiger partial charge in [0, 0.05) is 37.0 Å². The van der Waals surface area contributed by atoms with Crippen LogP contribution in [0.15, 0.2) is 12.4 Å². The third-order valence-electron chi connectivity index (χ3n) is 3.05. The minimum Gasteiger partial charge on any atom is -0.336 e. The zero-order valence-electron chi connectivity index (χ0n) is 10.5. The fourth-order valence-electron chi connectivity index (χ4n) is 2.05. The highest BCUT2D eigenvalue weighted by molar-refractivity contribution is 7.99. The van der Waals surface area contributed by atoms with Gasteiger partial charge in [0.25, 0.3) is 5.91 Å². The van der Waals surface area contributed by atoms with Crippen molar-refractivity contribution in [3.8, 4) is 0 Å². The first-order valence-electron chi connectivity index (χ1n) is 6.04. The summed E-state index contributed by atoms with van der Waals surface area (Å²) in [5.41, 5.74) is 1.80. The molecule has 0 aromatic carbocycles. The Balaban J connectivity index is 2.00. The van der Waals surface area contributed by atoms with Crippen molar-refractivity contribution >= 4 is 34.9 Å². The molecule has 100 valence electrons. The lowest BCUT2D eigenvalue weighted by Gasteiger charge is -2.25. The van der Waals surface area contributed by atoms with Gasteiger partial charge in [-0.1, -0.05) is 11.6 Å². The Labute approximate surface area is 119 Å². The van der Waals surface area contributed by atoms with Crippen LogP contribution in [0.5, 0.6) is 0 Å². The zero-order chi connectivity index (χ0) is 13.4. The lowest BCUT2D eigenvalue weighted by Crippen LogP contribution is -2.38. The van der Waals surface area contributed by atoms with E-state index in [1.54, 1.807) is 15.6 Å². The number of fused-ring (bicyclic) bond motifs is 1. The van der Waals surface area contributed by atoms with Crippen LogP contribution in [-0.4, -0.2) is 50.0 Å². The van der Waals surface area contributed by atoms with Crippen molar-refractivity contribution in [3.63, 3.8) is 0 Å². The quantitative estimate of drug-likeness (QED) is 0.806. The van der Waals surface area contributed by atoms with Crippen molar-refractivity contribution in [1.82, 2.24) is 19.5 Å². The molecule has 3 rings (SSSR count). The largest absolute Gasteiger partial charge is 0.336 e. The highest BCUT2D eigenvalue weighted by Crippen LogP contribution is 2.23. The minimum atomic E-state index is -0.103. The van der Waals surface area contributed by atoms with E-state index in [-0.39, 0.29) is 5.91 Å². The smallest absolute Gasteiger partial charge is 0.276 e. The summed E-state index contributed by atoms with van der Waals surface area (Å²) in [4.78, 5) is 18.4. The molecule has 0 unspecified atom stereocenters. The fraction of sp³-hybridized carbons (Fsp3) is 0.417. The van der Waals surface area contributed by atoms with Crippen molar-refractivity contribution in [2.24, 2.45) is 0 Å². The number of hydrogen-bond acceptors (Lipinski definition) is 4. The predicted octanol–water partition coefficient (Wildman–Crippen LogP) is 1.88. The number of hydrogen-bond donors (Lipinski definition) is 0. The van der Waals surface area contributed by atoms with Crippen molar-refractivity contribution < 1.29 is 4.79 Å². The number of aromatic nitrogens is 3. The van der Waals surface area contributed by atoms with Crippen molar-refractivity contribution in [1.29, 1.82) is 0 Å². The molecular formula is C12H13ClN4OS. The van der Waals surface area contributed by atoms with Crippen LogP contribution in [0.1, 0.15) is 16.1 Å². The molecule has 3 heterocycles. The summed E-state index contributed by atoms with van der Waals surface area (Å²) in [6.45, 7) is 3.42. The molecule has 0 N–H and O–H groups in total. The molecular weight excluding hydrogens is 284 g/mol. The Bertz CT molecular complexity index is 636. The standard InChI is InChI=1S/C12H13ClN4OS/c1-8-6-14-11-9(13)10(15-17(11)7-8)12(18)16-2-4-19-5-3-16/h6-7H,2-5H2,1H3. The maximum atomic E-state index is 12.4. The minimum absolute atomic E-state index is 0.103. The molecule has 2 aromatic rings. The summed E-state index contributed by atoms with van der Waals surface area (Å²) < 4.78 is 1.57. The molecule has 1 fully saturated rings. The van der Waals surface area contributed by atoms with Gasteiger partial charge in [-0.15, -0.1) is 0 Å². The van der Waals surface area contributed by atoms with E-state index in [1.165, 1.54) is 0 Å². The molecule has 1 saturated heterocycles. The van der Waals surface area contributed by atoms with E-state index < -0.39 is 0 Å². The van der Waals surface area contributed by atoms with E-state index in [9.17, 15) is 4.79 Å².